The van der Waals surface area contributed by atoms with Crippen LogP contribution in [0.4, 0.5) is 10.1 Å². The summed E-state index contributed by atoms with van der Waals surface area (Å²) in [7, 11) is -2.35. The van der Waals surface area contributed by atoms with E-state index < -0.39 is 15.9 Å². The van der Waals surface area contributed by atoms with Crippen LogP contribution in [0.15, 0.2) is 47.4 Å². The van der Waals surface area contributed by atoms with Crippen LogP contribution in [-0.4, -0.2) is 48.6 Å². The van der Waals surface area contributed by atoms with Gasteiger partial charge in [0.15, 0.2) is 0 Å². The number of rotatable bonds is 6. The van der Waals surface area contributed by atoms with Gasteiger partial charge < -0.3 is 10.1 Å². The van der Waals surface area contributed by atoms with Crippen LogP contribution in [-0.2, 0) is 10.0 Å². The molecule has 2 heterocycles. The molecule has 1 amide bonds. The number of halogens is 1. The highest BCUT2D eigenvalue weighted by atomic mass is 32.2. The Kier molecular flexibility index (Phi) is 6.72. The molecule has 1 aliphatic heterocycles. The number of hydrogen-bond donors (Lipinski definition) is 1. The van der Waals surface area contributed by atoms with Crippen LogP contribution in [0.5, 0.6) is 5.75 Å². The van der Waals surface area contributed by atoms with E-state index in [1.807, 2.05) is 0 Å². The Hall–Kier alpha value is -3.24. The molecule has 0 spiro atoms. The number of piperidine rings is 1. The minimum atomic E-state index is -3.77. The monoisotopic (exact) mass is 486 g/mol. The zero-order valence-corrected chi connectivity index (χ0v) is 20.2. The Morgan fingerprint density at radius 1 is 1.06 bits per heavy atom. The van der Waals surface area contributed by atoms with Crippen LogP contribution in [0.25, 0.3) is 5.69 Å². The third-order valence-electron chi connectivity index (χ3n) is 5.94. The normalized spacial score (nSPS) is 14.7. The standard InChI is InChI=1S/C24H27FN4O4S/c1-16-23(17(2)29(27-16)20-10-7-18(25)8-11-20)24(30)26-19-9-12-21(33-3)22(15-19)34(31,32)28-13-5-4-6-14-28/h7-12,15H,4-6,13-14H2,1-3H3,(H,26,30). The molecule has 0 bridgehead atoms. The predicted octanol–water partition coefficient (Wildman–Crippen LogP) is 4.06. The molecule has 0 aliphatic carbocycles. The van der Waals surface area contributed by atoms with Crippen molar-refractivity contribution in [2.75, 3.05) is 25.5 Å². The third-order valence-corrected chi connectivity index (χ3v) is 7.86. The van der Waals surface area contributed by atoms with E-state index in [0.717, 1.165) is 19.3 Å². The van der Waals surface area contributed by atoms with Gasteiger partial charge in [-0.3, -0.25) is 4.79 Å². The van der Waals surface area contributed by atoms with Gasteiger partial charge in [0.1, 0.15) is 16.5 Å². The lowest BCUT2D eigenvalue weighted by Gasteiger charge is -2.26. The molecular weight excluding hydrogens is 459 g/mol. The summed E-state index contributed by atoms with van der Waals surface area (Å²) in [4.78, 5) is 13.2. The summed E-state index contributed by atoms with van der Waals surface area (Å²) >= 11 is 0. The number of carbonyl (C=O) groups excluding carboxylic acids is 1. The van der Waals surface area contributed by atoms with Crippen molar-refractivity contribution in [2.24, 2.45) is 0 Å². The molecule has 1 saturated heterocycles. The molecule has 1 aromatic heterocycles. The number of nitrogens with one attached hydrogen (secondary N) is 1. The maximum atomic E-state index is 13.3. The molecule has 0 unspecified atom stereocenters. The Balaban J connectivity index is 1.64. The van der Waals surface area contributed by atoms with Crippen molar-refractivity contribution >= 4 is 21.6 Å². The molecule has 180 valence electrons. The lowest BCUT2D eigenvalue weighted by atomic mass is 10.1. The van der Waals surface area contributed by atoms with Crippen LogP contribution in [0.3, 0.4) is 0 Å². The Morgan fingerprint density at radius 2 is 1.74 bits per heavy atom. The number of hydrogen-bond acceptors (Lipinski definition) is 5. The van der Waals surface area contributed by atoms with Crippen LogP contribution >= 0.6 is 0 Å². The maximum absolute atomic E-state index is 13.3. The minimum Gasteiger partial charge on any atom is -0.495 e. The summed E-state index contributed by atoms with van der Waals surface area (Å²) in [6.07, 6.45) is 2.63. The van der Waals surface area contributed by atoms with Gasteiger partial charge in [-0.25, -0.2) is 17.5 Å². The number of benzene rings is 2. The van der Waals surface area contributed by atoms with Crippen molar-refractivity contribution in [3.05, 3.63) is 65.2 Å². The second-order valence-electron chi connectivity index (χ2n) is 8.22. The zero-order chi connectivity index (χ0) is 24.5. The summed E-state index contributed by atoms with van der Waals surface area (Å²) < 4.78 is 48.2. The number of amides is 1. The molecule has 2 aromatic carbocycles. The molecule has 0 saturated carbocycles. The van der Waals surface area contributed by atoms with Crippen LogP contribution in [0.1, 0.15) is 41.0 Å². The number of aromatic nitrogens is 2. The van der Waals surface area contributed by atoms with E-state index in [1.165, 1.54) is 35.7 Å². The number of anilines is 1. The van der Waals surface area contributed by atoms with Crippen LogP contribution < -0.4 is 10.1 Å². The first-order valence-electron chi connectivity index (χ1n) is 11.0. The lowest BCUT2D eigenvalue weighted by Crippen LogP contribution is -2.35. The Labute approximate surface area is 198 Å². The molecule has 0 radical (unpaired) electrons. The van der Waals surface area contributed by atoms with E-state index in [9.17, 15) is 17.6 Å². The molecule has 34 heavy (non-hydrogen) atoms. The van der Waals surface area contributed by atoms with Crippen molar-refractivity contribution < 1.29 is 22.3 Å². The first-order valence-corrected chi connectivity index (χ1v) is 12.5. The number of sulfonamides is 1. The summed E-state index contributed by atoms with van der Waals surface area (Å²) in [5.74, 6) is -0.562. The van der Waals surface area contributed by atoms with Crippen molar-refractivity contribution in [1.29, 1.82) is 0 Å². The number of aryl methyl sites for hydroxylation is 1. The highest BCUT2D eigenvalue weighted by molar-refractivity contribution is 7.89. The first kappa shape index (κ1) is 23.9. The minimum absolute atomic E-state index is 0.0187. The fourth-order valence-electron chi connectivity index (χ4n) is 4.20. The van der Waals surface area contributed by atoms with Gasteiger partial charge in [0.2, 0.25) is 10.0 Å². The van der Waals surface area contributed by atoms with Crippen molar-refractivity contribution in [1.82, 2.24) is 14.1 Å². The SMILES string of the molecule is COc1ccc(NC(=O)c2c(C)nn(-c3ccc(F)cc3)c2C)cc1S(=O)(=O)N1CCCCC1. The molecule has 1 aliphatic rings. The van der Waals surface area contributed by atoms with Gasteiger partial charge in [0.05, 0.1) is 29.7 Å². The number of ether oxygens (including phenoxy) is 1. The van der Waals surface area contributed by atoms with Crippen molar-refractivity contribution in [3.8, 4) is 11.4 Å². The van der Waals surface area contributed by atoms with Gasteiger partial charge in [0.25, 0.3) is 5.91 Å². The summed E-state index contributed by atoms with van der Waals surface area (Å²) in [5.41, 5.74) is 2.39. The fraction of sp³-hybridized carbons (Fsp3) is 0.333. The molecule has 10 heteroatoms. The van der Waals surface area contributed by atoms with Crippen LogP contribution in [0.2, 0.25) is 0 Å². The van der Waals surface area contributed by atoms with E-state index in [0.29, 0.717) is 41.4 Å². The maximum Gasteiger partial charge on any atom is 0.259 e. The van der Waals surface area contributed by atoms with Gasteiger partial charge in [-0.05, 0) is 69.2 Å². The first-order chi connectivity index (χ1) is 16.2. The largest absolute Gasteiger partial charge is 0.495 e. The topological polar surface area (TPSA) is 93.5 Å². The summed E-state index contributed by atoms with van der Waals surface area (Å²) in [6, 6.07) is 10.4. The quantitative estimate of drug-likeness (QED) is 0.567. The van der Waals surface area contributed by atoms with Gasteiger partial charge >= 0.3 is 0 Å². The number of nitrogens with zero attached hydrogens (tertiary/aromatic N) is 3. The highest BCUT2D eigenvalue weighted by Crippen LogP contribution is 2.31. The number of carbonyl (C=O) groups is 1. The fourth-order valence-corrected chi connectivity index (χ4v) is 5.90. The number of methoxy groups -OCH3 is 1. The second kappa shape index (κ2) is 9.55. The molecule has 1 fully saturated rings. The van der Waals surface area contributed by atoms with E-state index in [-0.39, 0.29) is 16.5 Å². The molecule has 1 N–H and O–H groups in total. The average Bonchev–Trinajstić information content (AvgIpc) is 3.13. The van der Waals surface area contributed by atoms with Gasteiger partial charge in [-0.2, -0.15) is 9.40 Å². The molecular formula is C24H27FN4O4S. The van der Waals surface area contributed by atoms with Crippen molar-refractivity contribution in [2.45, 2.75) is 38.0 Å². The summed E-state index contributed by atoms with van der Waals surface area (Å²) in [6.45, 7) is 4.38. The molecule has 3 aromatic rings. The third kappa shape index (κ3) is 4.55. The summed E-state index contributed by atoms with van der Waals surface area (Å²) in [5, 5.41) is 7.22. The smallest absolute Gasteiger partial charge is 0.259 e. The highest BCUT2D eigenvalue weighted by Gasteiger charge is 2.29. The molecule has 4 rings (SSSR count). The van der Waals surface area contributed by atoms with Gasteiger partial charge in [0, 0.05) is 18.8 Å². The van der Waals surface area contributed by atoms with Gasteiger partial charge in [-0.15, -0.1) is 0 Å². The van der Waals surface area contributed by atoms with Crippen molar-refractivity contribution in [3.63, 3.8) is 0 Å². The van der Waals surface area contributed by atoms with E-state index in [2.05, 4.69) is 10.4 Å². The van der Waals surface area contributed by atoms with E-state index in [1.54, 1.807) is 36.7 Å². The average molecular weight is 487 g/mol. The predicted molar refractivity (Wildman–Crippen MR) is 127 cm³/mol. The molecule has 8 nitrogen and oxygen atoms in total. The van der Waals surface area contributed by atoms with E-state index >= 15 is 0 Å². The van der Waals surface area contributed by atoms with Crippen LogP contribution in [0, 0.1) is 19.7 Å². The lowest BCUT2D eigenvalue weighted by molar-refractivity contribution is 0.102. The Morgan fingerprint density at radius 3 is 2.38 bits per heavy atom. The van der Waals surface area contributed by atoms with E-state index in [4.69, 9.17) is 4.74 Å². The Bertz CT molecular complexity index is 1310. The van der Waals surface area contributed by atoms with Gasteiger partial charge in [-0.1, -0.05) is 6.42 Å². The second-order valence-corrected chi connectivity index (χ2v) is 10.1. The molecule has 0 atom stereocenters. The zero-order valence-electron chi connectivity index (χ0n) is 19.3.